The first-order chi connectivity index (χ1) is 17.9. The quantitative estimate of drug-likeness (QED) is 0.400. The summed E-state index contributed by atoms with van der Waals surface area (Å²) in [6.07, 6.45) is 2.12. The first-order valence-corrected chi connectivity index (χ1v) is 13.4. The number of carbonyl (C=O) groups excluding carboxylic acids is 1. The standard InChI is InChI=1S/C29H33ClFN5O/c1-19(2)32-28-29(34-25-12-13-35(18-26(25)33-28)17-20-6-4-3-5-7-20)36-14-10-21(11-15-36)27(37)23-16-22(30)8-9-24(23)31/h3-9,16,19,21H,10-15,17-18H2,1-2H3,(H,32,33). The molecule has 0 bridgehead atoms. The van der Waals surface area contributed by atoms with E-state index in [1.165, 1.54) is 23.8 Å². The highest BCUT2D eigenvalue weighted by Crippen LogP contribution is 2.32. The molecule has 2 aromatic carbocycles. The molecule has 1 aromatic heterocycles. The number of piperidine rings is 1. The fourth-order valence-corrected chi connectivity index (χ4v) is 5.38. The predicted octanol–water partition coefficient (Wildman–Crippen LogP) is 5.75. The molecular formula is C29H33ClFN5O. The molecular weight excluding hydrogens is 489 g/mol. The van der Waals surface area contributed by atoms with Crippen molar-refractivity contribution in [2.45, 2.75) is 52.2 Å². The number of carbonyl (C=O) groups is 1. The van der Waals surface area contributed by atoms with Gasteiger partial charge in [-0.2, -0.15) is 0 Å². The largest absolute Gasteiger partial charge is 0.365 e. The van der Waals surface area contributed by atoms with Gasteiger partial charge in [-0.05, 0) is 50.5 Å². The van der Waals surface area contributed by atoms with Gasteiger partial charge in [-0.15, -0.1) is 0 Å². The third-order valence-corrected chi connectivity index (χ3v) is 7.34. The Morgan fingerprint density at radius 1 is 1.08 bits per heavy atom. The van der Waals surface area contributed by atoms with Crippen molar-refractivity contribution in [3.63, 3.8) is 0 Å². The van der Waals surface area contributed by atoms with E-state index in [4.69, 9.17) is 21.6 Å². The Kier molecular flexibility index (Phi) is 7.72. The molecule has 0 spiro atoms. The Morgan fingerprint density at radius 2 is 1.84 bits per heavy atom. The van der Waals surface area contributed by atoms with Crippen molar-refractivity contribution in [1.82, 2.24) is 14.9 Å². The maximum atomic E-state index is 14.3. The van der Waals surface area contributed by atoms with E-state index in [0.29, 0.717) is 31.0 Å². The Bertz CT molecular complexity index is 1260. The molecule has 0 atom stereocenters. The van der Waals surface area contributed by atoms with Crippen molar-refractivity contribution >= 4 is 29.0 Å². The third-order valence-electron chi connectivity index (χ3n) is 7.10. The zero-order valence-corrected chi connectivity index (χ0v) is 22.1. The number of nitrogens with zero attached hydrogens (tertiary/aromatic N) is 4. The number of Topliss-reactive ketones (excluding diaryl/α,β-unsaturated/α-hetero) is 1. The minimum atomic E-state index is -0.512. The predicted molar refractivity (Wildman–Crippen MR) is 146 cm³/mol. The van der Waals surface area contributed by atoms with Crippen LogP contribution in [0.3, 0.4) is 0 Å². The van der Waals surface area contributed by atoms with Gasteiger partial charge in [0.15, 0.2) is 17.4 Å². The van der Waals surface area contributed by atoms with Gasteiger partial charge in [0.05, 0.1) is 17.0 Å². The average molecular weight is 522 g/mol. The molecule has 2 aliphatic heterocycles. The lowest BCUT2D eigenvalue weighted by atomic mass is 9.88. The van der Waals surface area contributed by atoms with Gasteiger partial charge in [0, 0.05) is 56.1 Å². The fraction of sp³-hybridized carbons (Fsp3) is 0.414. The van der Waals surface area contributed by atoms with Gasteiger partial charge in [-0.3, -0.25) is 9.69 Å². The summed E-state index contributed by atoms with van der Waals surface area (Å²) in [7, 11) is 0. The lowest BCUT2D eigenvalue weighted by Gasteiger charge is -2.35. The molecule has 1 N–H and O–H groups in total. The van der Waals surface area contributed by atoms with Gasteiger partial charge in [-0.1, -0.05) is 41.9 Å². The van der Waals surface area contributed by atoms with Crippen LogP contribution in [0.1, 0.15) is 54.0 Å². The summed E-state index contributed by atoms with van der Waals surface area (Å²) in [5, 5.41) is 3.87. The maximum absolute atomic E-state index is 14.3. The van der Waals surface area contributed by atoms with Crippen molar-refractivity contribution in [2.75, 3.05) is 29.9 Å². The molecule has 8 heteroatoms. The zero-order chi connectivity index (χ0) is 25.9. The van der Waals surface area contributed by atoms with Crippen LogP contribution in [0.25, 0.3) is 0 Å². The highest BCUT2D eigenvalue weighted by molar-refractivity contribution is 6.31. The van der Waals surface area contributed by atoms with Gasteiger partial charge >= 0.3 is 0 Å². The highest BCUT2D eigenvalue weighted by Gasteiger charge is 2.31. The molecule has 0 unspecified atom stereocenters. The normalized spacial score (nSPS) is 16.6. The molecule has 3 heterocycles. The summed E-state index contributed by atoms with van der Waals surface area (Å²) in [5.41, 5.74) is 3.45. The second-order valence-electron chi connectivity index (χ2n) is 10.3. The van der Waals surface area contributed by atoms with E-state index in [-0.39, 0.29) is 23.3 Å². The molecule has 0 amide bonds. The van der Waals surface area contributed by atoms with Gasteiger partial charge in [0.2, 0.25) is 0 Å². The highest BCUT2D eigenvalue weighted by atomic mass is 35.5. The molecule has 2 aliphatic rings. The van der Waals surface area contributed by atoms with Gasteiger partial charge in [-0.25, -0.2) is 14.4 Å². The minimum absolute atomic E-state index is 0.0849. The molecule has 1 fully saturated rings. The van der Waals surface area contributed by atoms with Crippen LogP contribution in [0.15, 0.2) is 48.5 Å². The Morgan fingerprint density at radius 3 is 2.57 bits per heavy atom. The van der Waals surface area contributed by atoms with Crippen LogP contribution in [0.5, 0.6) is 0 Å². The molecule has 3 aromatic rings. The number of ketones is 1. The van der Waals surface area contributed by atoms with Crippen LogP contribution in [0.2, 0.25) is 5.02 Å². The first kappa shape index (κ1) is 25.6. The van der Waals surface area contributed by atoms with Crippen molar-refractivity contribution < 1.29 is 9.18 Å². The van der Waals surface area contributed by atoms with Crippen molar-refractivity contribution in [3.05, 3.63) is 81.9 Å². The van der Waals surface area contributed by atoms with E-state index < -0.39 is 5.82 Å². The summed E-state index contributed by atoms with van der Waals surface area (Å²) < 4.78 is 14.3. The SMILES string of the molecule is CC(C)Nc1nc2c(nc1N1CCC(C(=O)c3cc(Cl)ccc3F)CC1)CCN(Cc1ccccc1)C2. The molecule has 0 saturated carbocycles. The van der Waals surface area contributed by atoms with E-state index in [9.17, 15) is 9.18 Å². The number of anilines is 2. The number of hydrogen-bond acceptors (Lipinski definition) is 6. The first-order valence-electron chi connectivity index (χ1n) is 13.0. The molecule has 37 heavy (non-hydrogen) atoms. The number of halogens is 2. The number of rotatable bonds is 7. The summed E-state index contributed by atoms with van der Waals surface area (Å²) >= 11 is 6.02. The van der Waals surface area contributed by atoms with Crippen LogP contribution in [0.4, 0.5) is 16.0 Å². The maximum Gasteiger partial charge on any atom is 0.172 e. The lowest BCUT2D eigenvalue weighted by Crippen LogP contribution is -2.39. The molecule has 194 valence electrons. The number of aromatic nitrogens is 2. The third kappa shape index (κ3) is 5.94. The molecule has 0 aliphatic carbocycles. The van der Waals surface area contributed by atoms with E-state index in [1.54, 1.807) is 0 Å². The summed E-state index contributed by atoms with van der Waals surface area (Å²) in [6, 6.07) is 14.9. The molecule has 0 radical (unpaired) electrons. The molecule has 1 saturated heterocycles. The van der Waals surface area contributed by atoms with E-state index >= 15 is 0 Å². The smallest absolute Gasteiger partial charge is 0.172 e. The van der Waals surface area contributed by atoms with Crippen LogP contribution in [-0.2, 0) is 19.5 Å². The van der Waals surface area contributed by atoms with Crippen molar-refractivity contribution in [3.8, 4) is 0 Å². The molecule has 6 nitrogen and oxygen atoms in total. The van der Waals surface area contributed by atoms with Crippen LogP contribution < -0.4 is 10.2 Å². The number of hydrogen-bond donors (Lipinski definition) is 1. The number of fused-ring (bicyclic) bond motifs is 1. The minimum Gasteiger partial charge on any atom is -0.365 e. The zero-order valence-electron chi connectivity index (χ0n) is 21.4. The Labute approximate surface area is 222 Å². The van der Waals surface area contributed by atoms with E-state index in [1.807, 2.05) is 6.07 Å². The number of benzene rings is 2. The Hall–Kier alpha value is -3.03. The summed E-state index contributed by atoms with van der Waals surface area (Å²) in [4.78, 5) is 27.8. The second kappa shape index (κ2) is 11.2. The van der Waals surface area contributed by atoms with Gasteiger partial charge in [0.1, 0.15) is 5.82 Å². The molecule has 5 rings (SSSR count). The van der Waals surface area contributed by atoms with Crippen LogP contribution in [0, 0.1) is 11.7 Å². The van der Waals surface area contributed by atoms with Gasteiger partial charge < -0.3 is 10.2 Å². The van der Waals surface area contributed by atoms with E-state index in [2.05, 4.69) is 53.2 Å². The van der Waals surface area contributed by atoms with E-state index in [0.717, 1.165) is 49.1 Å². The summed E-state index contributed by atoms with van der Waals surface area (Å²) in [5.74, 6) is 0.727. The fourth-order valence-electron chi connectivity index (χ4n) is 5.20. The van der Waals surface area contributed by atoms with Crippen LogP contribution >= 0.6 is 11.6 Å². The van der Waals surface area contributed by atoms with Crippen molar-refractivity contribution in [1.29, 1.82) is 0 Å². The average Bonchev–Trinajstić information content (AvgIpc) is 2.89. The van der Waals surface area contributed by atoms with Crippen LogP contribution in [-0.4, -0.2) is 46.3 Å². The van der Waals surface area contributed by atoms with Gasteiger partial charge in [0.25, 0.3) is 0 Å². The monoisotopic (exact) mass is 521 g/mol. The summed E-state index contributed by atoms with van der Waals surface area (Å²) in [6.45, 7) is 8.12. The second-order valence-corrected chi connectivity index (χ2v) is 10.7. The number of nitrogens with one attached hydrogen (secondary N) is 1. The van der Waals surface area contributed by atoms with Crippen molar-refractivity contribution in [2.24, 2.45) is 5.92 Å². The topological polar surface area (TPSA) is 61.4 Å². The Balaban J connectivity index is 1.31. The lowest BCUT2D eigenvalue weighted by molar-refractivity contribution is 0.0896.